The van der Waals surface area contributed by atoms with Gasteiger partial charge < -0.3 is 31.3 Å². The maximum Gasteiger partial charge on any atom is 0.303 e. The number of amides is 4. The molecule has 7 rings (SSSR count). The molecule has 6 aromatic rings. The van der Waals surface area contributed by atoms with Crippen LogP contribution in [0.3, 0.4) is 0 Å². The van der Waals surface area contributed by atoms with Gasteiger partial charge in [0.15, 0.2) is 0 Å². The van der Waals surface area contributed by atoms with E-state index in [1.807, 2.05) is 13.8 Å². The van der Waals surface area contributed by atoms with Gasteiger partial charge >= 0.3 is 5.97 Å². The van der Waals surface area contributed by atoms with Crippen molar-refractivity contribution in [1.82, 2.24) is 31.2 Å². The van der Waals surface area contributed by atoms with Crippen molar-refractivity contribution in [3.63, 3.8) is 0 Å². The summed E-state index contributed by atoms with van der Waals surface area (Å²) in [5.41, 5.74) is -2.31. The summed E-state index contributed by atoms with van der Waals surface area (Å²) in [6.45, 7) is 10.7. The van der Waals surface area contributed by atoms with E-state index in [0.29, 0.717) is 35.2 Å². The van der Waals surface area contributed by atoms with E-state index in [9.17, 15) is 120 Å². The molecule has 0 saturated carbocycles. The maximum atomic E-state index is 13.7. The fourth-order valence-corrected chi connectivity index (χ4v) is 15.5. The molecule has 576 valence electrons. The average Bonchev–Trinajstić information content (AvgIpc) is 1.47. The van der Waals surface area contributed by atoms with E-state index in [1.54, 1.807) is 43.9 Å². The molecule has 12 N–H and O–H groups in total. The number of rotatable bonds is 35. The lowest BCUT2D eigenvalue weighted by atomic mass is 9.71. The molecular formula is C65H77N7O27S7. The number of pyridine rings is 2. The van der Waals surface area contributed by atoms with Crippen LogP contribution in [-0.4, -0.2) is 197 Å². The molecule has 0 radical (unpaired) electrons. The van der Waals surface area contributed by atoms with Crippen LogP contribution in [0.5, 0.6) is 0 Å². The standard InChI is InChI=1S/C65H77N7O27S7/c1-38(12-11-25-100(79,80)81)46-36-54(105(94,95)96)47-30-40(42-32-49(60(75)66-20-26-101(82,83)84)70-50(33-42)61(76)67-21-27-102(85,86)87)16-18-44(47)58(46)64(3,4)39(2)13-10-14-56-65(5,6)59-45-19-17-41(31-48(45)55(106(97,98)99)37-53(59)72(56)24-9-7-8-15-57(73)74)43-34-51(62(77)68-22-28-103(88,89)90)71-52(35-43)63(78)69-23-29-104(91,92)93/h10,13-14,16-19,30-38H,2,7-9,11-12,15,20-29H2,1,3-6H3,(H,66,75)(H,67,76)(H,68,77)(H,69,78)(H,73,74)(H,79,80,81)(H,82,83,84)(H,85,86,87)(H,88,89,90)(H,91,92,93)(H,94,95,96)(H,97,98,99). The fourth-order valence-electron chi connectivity index (χ4n) is 12.1. The number of carboxylic acid groups (broad SMARTS) is 1. The molecule has 106 heavy (non-hydrogen) atoms. The zero-order valence-corrected chi connectivity index (χ0v) is 63.0. The summed E-state index contributed by atoms with van der Waals surface area (Å²) in [6.07, 6.45) is 5.54. The van der Waals surface area contributed by atoms with E-state index in [4.69, 9.17) is 0 Å². The molecular weight excluding hydrogens is 1540 g/mol. The zero-order chi connectivity index (χ0) is 79.3. The van der Waals surface area contributed by atoms with Gasteiger partial charge in [0.1, 0.15) is 32.6 Å². The highest BCUT2D eigenvalue weighted by Crippen LogP contribution is 2.53. The molecule has 2 aromatic heterocycles. The number of aliphatic carboxylic acids is 1. The Morgan fingerprint density at radius 1 is 0.519 bits per heavy atom. The number of carbonyl (C=O) groups excluding carboxylic acids is 4. The van der Waals surface area contributed by atoms with Crippen LogP contribution < -0.4 is 26.2 Å². The topological polar surface area (TPSA) is 563 Å². The van der Waals surface area contributed by atoms with E-state index in [0.717, 1.165) is 24.3 Å². The molecule has 1 aliphatic rings. The van der Waals surface area contributed by atoms with Crippen molar-refractivity contribution >= 4 is 128 Å². The second-order valence-electron chi connectivity index (χ2n) is 25.9. The third-order valence-electron chi connectivity index (χ3n) is 17.3. The van der Waals surface area contributed by atoms with Gasteiger partial charge in [-0.15, -0.1) is 0 Å². The Labute approximate surface area is 611 Å². The first-order chi connectivity index (χ1) is 48.8. The van der Waals surface area contributed by atoms with Crippen molar-refractivity contribution in [3.05, 3.63) is 148 Å². The van der Waals surface area contributed by atoms with Gasteiger partial charge in [0.2, 0.25) is 0 Å². The molecule has 0 fully saturated rings. The number of nitrogens with zero attached hydrogens (tertiary/aromatic N) is 3. The summed E-state index contributed by atoms with van der Waals surface area (Å²) in [6, 6.07) is 15.5. The van der Waals surface area contributed by atoms with E-state index < -0.39 is 205 Å². The van der Waals surface area contributed by atoms with Crippen LogP contribution in [0.1, 0.15) is 138 Å². The molecule has 1 aliphatic heterocycles. The van der Waals surface area contributed by atoms with Gasteiger partial charge in [0.05, 0.1) is 28.8 Å². The van der Waals surface area contributed by atoms with Crippen molar-refractivity contribution in [3.8, 4) is 22.3 Å². The van der Waals surface area contributed by atoms with Crippen LogP contribution in [0.4, 0.5) is 5.69 Å². The number of hydrogen-bond acceptors (Lipinski definition) is 22. The van der Waals surface area contributed by atoms with Gasteiger partial charge in [0.25, 0.3) is 94.5 Å². The highest BCUT2D eigenvalue weighted by molar-refractivity contribution is 7.87. The second kappa shape index (κ2) is 32.9. The average molecular weight is 1610 g/mol. The lowest BCUT2D eigenvalue weighted by Crippen LogP contribution is -2.32. The maximum absolute atomic E-state index is 13.7. The van der Waals surface area contributed by atoms with Crippen LogP contribution >= 0.6 is 0 Å². The molecule has 0 aliphatic carbocycles. The van der Waals surface area contributed by atoms with Crippen molar-refractivity contribution in [2.24, 2.45) is 0 Å². The Balaban J connectivity index is 1.40. The molecule has 0 saturated heterocycles. The number of carbonyl (C=O) groups is 5. The summed E-state index contributed by atoms with van der Waals surface area (Å²) in [4.78, 5) is 74.1. The van der Waals surface area contributed by atoms with Gasteiger partial charge in [-0.2, -0.15) is 58.9 Å². The van der Waals surface area contributed by atoms with Crippen LogP contribution in [0.2, 0.25) is 0 Å². The first-order valence-corrected chi connectivity index (χ1v) is 42.9. The Kier molecular flexibility index (Phi) is 26.3. The summed E-state index contributed by atoms with van der Waals surface area (Å²) >= 11 is 0. The SMILES string of the molecule is C=C(C=CC=C1N(CCCCCC(=O)O)c2cc(S(=O)(=O)O)c3cc(-c4cc(C(=O)NCCS(=O)(=O)O)nc(C(=O)NCCS(=O)(=O)O)c4)ccc3c2C1(C)C)C(C)(C)c1c(C(C)CCCS(=O)(=O)O)cc(S(=O)(=O)O)c2cc(-c3cc(C(=O)NCCS(=O)(=O)O)nc(C(=O)NCCS(=O)(=O)O)c3)ccc12. The molecule has 34 nitrogen and oxygen atoms in total. The number of aromatic nitrogens is 2. The van der Waals surface area contributed by atoms with Crippen molar-refractivity contribution in [2.75, 3.05) is 66.4 Å². The smallest absolute Gasteiger partial charge is 0.303 e. The normalized spacial score (nSPS) is 14.5. The quantitative estimate of drug-likeness (QED) is 0.0131. The van der Waals surface area contributed by atoms with Crippen LogP contribution in [0, 0.1) is 0 Å². The summed E-state index contributed by atoms with van der Waals surface area (Å²) in [5, 5.41) is 18.6. The number of allylic oxidation sites excluding steroid dienone is 5. The predicted molar refractivity (Wildman–Crippen MR) is 389 cm³/mol. The van der Waals surface area contributed by atoms with Crippen molar-refractivity contribution < 1.29 is 120 Å². The Bertz CT molecular complexity index is 5340. The van der Waals surface area contributed by atoms with Crippen molar-refractivity contribution in [1.29, 1.82) is 0 Å². The first kappa shape index (κ1) is 84.7. The predicted octanol–water partition coefficient (Wildman–Crippen LogP) is 5.57. The van der Waals surface area contributed by atoms with E-state index in [1.165, 1.54) is 48.5 Å². The third kappa shape index (κ3) is 22.5. The van der Waals surface area contributed by atoms with E-state index >= 15 is 0 Å². The van der Waals surface area contributed by atoms with Gasteiger partial charge in [-0.3, -0.25) is 55.8 Å². The summed E-state index contributed by atoms with van der Waals surface area (Å²) in [7, 11) is -33.3. The minimum absolute atomic E-state index is 0.000997. The number of carboxylic acids is 1. The largest absolute Gasteiger partial charge is 0.481 e. The molecule has 0 bridgehead atoms. The molecule has 1 atom stereocenters. The van der Waals surface area contributed by atoms with E-state index in [2.05, 4.69) is 37.8 Å². The molecule has 1 unspecified atom stereocenters. The Hall–Kier alpha value is -8.56. The zero-order valence-electron chi connectivity index (χ0n) is 57.3. The highest BCUT2D eigenvalue weighted by Gasteiger charge is 2.43. The molecule has 0 spiro atoms. The van der Waals surface area contributed by atoms with Crippen LogP contribution in [0.25, 0.3) is 43.8 Å². The molecule has 41 heteroatoms. The Morgan fingerprint density at radius 3 is 1.31 bits per heavy atom. The number of hydrogen-bond donors (Lipinski definition) is 12. The number of fused-ring (bicyclic) bond motifs is 4. The minimum Gasteiger partial charge on any atom is -0.481 e. The van der Waals surface area contributed by atoms with E-state index in [-0.39, 0.29) is 87.3 Å². The molecule has 4 amide bonds. The second-order valence-corrected chi connectivity index (χ2v) is 36.5. The molecule has 4 aromatic carbocycles. The van der Waals surface area contributed by atoms with Crippen LogP contribution in [0.15, 0.2) is 119 Å². The number of nitrogens with one attached hydrogen (secondary N) is 4. The third-order valence-corrected chi connectivity index (χ3v) is 22.7. The van der Waals surface area contributed by atoms with Crippen molar-refractivity contribution in [2.45, 2.75) is 99.7 Å². The Morgan fingerprint density at radius 2 is 0.915 bits per heavy atom. The molecule has 3 heterocycles. The van der Waals surface area contributed by atoms with Gasteiger partial charge in [-0.1, -0.05) is 84.0 Å². The minimum atomic E-state index is -5.24. The number of unbranched alkanes of at least 4 members (excludes halogenated alkanes) is 2. The summed E-state index contributed by atoms with van der Waals surface area (Å²) in [5.74, 6) is -10.5. The van der Waals surface area contributed by atoms with Gasteiger partial charge in [-0.05, 0) is 141 Å². The van der Waals surface area contributed by atoms with Gasteiger partial charge in [0, 0.05) is 72.1 Å². The summed E-state index contributed by atoms with van der Waals surface area (Å²) < 4.78 is 240. The fraction of sp³-hybridized carbons (Fsp3) is 0.369. The number of anilines is 1. The number of benzene rings is 4. The van der Waals surface area contributed by atoms with Crippen LogP contribution in [-0.2, 0) is 86.5 Å². The highest BCUT2D eigenvalue weighted by atomic mass is 32.2. The lowest BCUT2D eigenvalue weighted by molar-refractivity contribution is -0.137. The lowest BCUT2D eigenvalue weighted by Gasteiger charge is -2.33. The monoisotopic (exact) mass is 1610 g/mol. The van der Waals surface area contributed by atoms with Gasteiger partial charge in [-0.25, -0.2) is 9.97 Å². The first-order valence-electron chi connectivity index (χ1n) is 31.9.